The first-order valence-corrected chi connectivity index (χ1v) is 13.6. The van der Waals surface area contributed by atoms with Crippen LogP contribution < -0.4 is 14.5 Å². The van der Waals surface area contributed by atoms with Gasteiger partial charge in [0.25, 0.3) is 5.91 Å². The Morgan fingerprint density at radius 1 is 0.941 bits per heavy atom. The van der Waals surface area contributed by atoms with Crippen LogP contribution in [0.1, 0.15) is 10.4 Å². The van der Waals surface area contributed by atoms with Gasteiger partial charge in [-0.05, 0) is 30.3 Å². The number of halogens is 2. The third kappa shape index (κ3) is 5.22. The quantitative estimate of drug-likeness (QED) is 0.590. The van der Waals surface area contributed by atoms with Crippen LogP contribution in [0.15, 0.2) is 35.2 Å². The molecule has 0 unspecified atom stereocenters. The minimum Gasteiger partial charge on any atom is -0.494 e. The predicted molar refractivity (Wildman–Crippen MR) is 134 cm³/mol. The van der Waals surface area contributed by atoms with Crippen molar-refractivity contribution in [2.75, 3.05) is 75.6 Å². The van der Waals surface area contributed by atoms with Gasteiger partial charge in [-0.1, -0.05) is 23.2 Å². The van der Waals surface area contributed by atoms with Crippen LogP contribution in [0.2, 0.25) is 10.0 Å². The van der Waals surface area contributed by atoms with E-state index < -0.39 is 9.84 Å². The maximum atomic E-state index is 13.6. The minimum absolute atomic E-state index is 0.133. The first kappa shape index (κ1) is 24.9. The van der Waals surface area contributed by atoms with Crippen LogP contribution in [-0.2, 0) is 14.6 Å². The zero-order valence-corrected chi connectivity index (χ0v) is 21.4. The van der Waals surface area contributed by atoms with Crippen LogP contribution in [0, 0.1) is 0 Å². The van der Waals surface area contributed by atoms with Crippen LogP contribution in [0.3, 0.4) is 0 Å². The average Bonchev–Trinajstić information content (AvgIpc) is 2.83. The molecule has 0 aliphatic carbocycles. The fourth-order valence-corrected chi connectivity index (χ4v) is 5.54. The third-order valence-electron chi connectivity index (χ3n) is 6.10. The van der Waals surface area contributed by atoms with Crippen LogP contribution in [0.5, 0.6) is 5.75 Å². The van der Waals surface area contributed by atoms with Crippen LogP contribution in [-0.4, -0.2) is 85.1 Å². The first-order valence-electron chi connectivity index (χ1n) is 10.9. The Labute approximate surface area is 209 Å². The Balaban J connectivity index is 1.55. The fourth-order valence-electron chi connectivity index (χ4n) is 4.26. The zero-order chi connectivity index (χ0) is 24.5. The normalized spacial score (nSPS) is 17.1. The smallest absolute Gasteiger partial charge is 0.256 e. The lowest BCUT2D eigenvalue weighted by atomic mass is 10.1. The second-order valence-corrected chi connectivity index (χ2v) is 11.1. The van der Waals surface area contributed by atoms with Gasteiger partial charge in [0, 0.05) is 56.9 Å². The van der Waals surface area contributed by atoms with E-state index in [0.29, 0.717) is 73.8 Å². The highest BCUT2D eigenvalue weighted by molar-refractivity contribution is 7.90. The first-order chi connectivity index (χ1) is 16.2. The summed E-state index contributed by atoms with van der Waals surface area (Å²) in [6, 6.07) is 8.39. The van der Waals surface area contributed by atoms with E-state index in [1.54, 1.807) is 29.2 Å². The Hall–Kier alpha value is -2.20. The fraction of sp³-hybridized carbons (Fsp3) is 0.435. The van der Waals surface area contributed by atoms with Gasteiger partial charge in [0.05, 0.1) is 40.8 Å². The molecule has 2 aromatic rings. The number of hydrogen-bond acceptors (Lipinski definition) is 7. The number of carbonyl (C=O) groups is 1. The van der Waals surface area contributed by atoms with Crippen molar-refractivity contribution in [3.8, 4) is 5.75 Å². The summed E-state index contributed by atoms with van der Waals surface area (Å²) in [5, 5.41) is 0.854. The van der Waals surface area contributed by atoms with Crippen LogP contribution in [0.25, 0.3) is 0 Å². The number of hydrogen-bond donors (Lipinski definition) is 0. The molecule has 0 atom stereocenters. The number of rotatable bonds is 5. The van der Waals surface area contributed by atoms with E-state index in [2.05, 4.69) is 9.80 Å². The summed E-state index contributed by atoms with van der Waals surface area (Å²) in [5.74, 6) is 0.250. The third-order valence-corrected chi connectivity index (χ3v) is 7.77. The monoisotopic (exact) mass is 527 g/mol. The molecule has 2 saturated heterocycles. The number of amides is 1. The van der Waals surface area contributed by atoms with E-state index in [0.717, 1.165) is 17.6 Å². The van der Waals surface area contributed by atoms with E-state index in [1.807, 2.05) is 0 Å². The summed E-state index contributed by atoms with van der Waals surface area (Å²) in [6.45, 7) is 4.54. The second-order valence-electron chi connectivity index (χ2n) is 8.27. The molecular formula is C23H27Cl2N3O5S. The van der Waals surface area contributed by atoms with E-state index >= 15 is 0 Å². The van der Waals surface area contributed by atoms with Crippen LogP contribution >= 0.6 is 23.2 Å². The molecule has 1 amide bonds. The summed E-state index contributed by atoms with van der Waals surface area (Å²) >= 11 is 12.6. The van der Waals surface area contributed by atoms with Crippen molar-refractivity contribution < 1.29 is 22.7 Å². The van der Waals surface area contributed by atoms with E-state index in [9.17, 15) is 13.2 Å². The van der Waals surface area contributed by atoms with Crippen LogP contribution in [0.4, 0.5) is 11.4 Å². The summed E-state index contributed by atoms with van der Waals surface area (Å²) in [6.07, 6.45) is 1.15. The van der Waals surface area contributed by atoms with Gasteiger partial charge in [0.15, 0.2) is 15.6 Å². The van der Waals surface area contributed by atoms with E-state index in [1.165, 1.54) is 13.2 Å². The maximum absolute atomic E-state index is 13.6. The van der Waals surface area contributed by atoms with Gasteiger partial charge >= 0.3 is 0 Å². The molecule has 0 N–H and O–H groups in total. The molecule has 8 nitrogen and oxygen atoms in total. The van der Waals surface area contributed by atoms with Gasteiger partial charge in [-0.25, -0.2) is 8.42 Å². The van der Waals surface area contributed by atoms with Gasteiger partial charge < -0.3 is 24.2 Å². The number of morpholine rings is 1. The average molecular weight is 528 g/mol. The molecule has 11 heteroatoms. The Morgan fingerprint density at radius 2 is 1.56 bits per heavy atom. The van der Waals surface area contributed by atoms with E-state index in [4.69, 9.17) is 32.7 Å². The molecule has 2 heterocycles. The molecule has 2 aliphatic rings. The number of nitrogens with zero attached hydrogens (tertiary/aromatic N) is 3. The second kappa shape index (κ2) is 10.2. The molecule has 2 aliphatic heterocycles. The number of anilines is 2. The number of ether oxygens (including phenoxy) is 2. The standard InChI is InChI=1S/C23H27Cl2N3O5S/c1-32-22-19(24)13-16(14-20(22)25)26-5-7-28(8-6-26)23(29)18-15-17(34(2,30)31)3-4-21(18)27-9-11-33-12-10-27/h3-4,13-15H,5-12H2,1-2H3. The molecule has 0 bridgehead atoms. The highest BCUT2D eigenvalue weighted by Crippen LogP contribution is 2.37. The van der Waals surface area contributed by atoms with Gasteiger partial charge in [-0.15, -0.1) is 0 Å². The summed E-state index contributed by atoms with van der Waals surface area (Å²) in [4.78, 5) is 19.6. The number of piperazine rings is 1. The number of methoxy groups -OCH3 is 1. The summed E-state index contributed by atoms with van der Waals surface area (Å²) < 4.78 is 35.0. The summed E-state index contributed by atoms with van der Waals surface area (Å²) in [5.41, 5.74) is 1.99. The molecule has 34 heavy (non-hydrogen) atoms. The van der Waals surface area contributed by atoms with Crippen molar-refractivity contribution in [2.45, 2.75) is 4.90 Å². The highest BCUT2D eigenvalue weighted by Gasteiger charge is 2.28. The number of sulfone groups is 1. The molecule has 2 fully saturated rings. The lowest BCUT2D eigenvalue weighted by Crippen LogP contribution is -2.49. The van der Waals surface area contributed by atoms with Crippen molar-refractivity contribution in [1.82, 2.24) is 4.90 Å². The number of carbonyl (C=O) groups excluding carboxylic acids is 1. The zero-order valence-electron chi connectivity index (χ0n) is 19.1. The maximum Gasteiger partial charge on any atom is 0.256 e. The molecular weight excluding hydrogens is 501 g/mol. The molecule has 0 spiro atoms. The summed E-state index contributed by atoms with van der Waals surface area (Å²) in [7, 11) is -1.94. The highest BCUT2D eigenvalue weighted by atomic mass is 35.5. The van der Waals surface area contributed by atoms with Gasteiger partial charge in [-0.2, -0.15) is 0 Å². The van der Waals surface area contributed by atoms with Crippen molar-refractivity contribution in [3.05, 3.63) is 45.9 Å². The van der Waals surface area contributed by atoms with Crippen molar-refractivity contribution in [2.24, 2.45) is 0 Å². The lowest BCUT2D eigenvalue weighted by Gasteiger charge is -2.37. The molecule has 4 rings (SSSR count). The predicted octanol–water partition coefficient (Wildman–Crippen LogP) is 3.20. The topological polar surface area (TPSA) is 79.4 Å². The van der Waals surface area contributed by atoms with Crippen molar-refractivity contribution in [1.29, 1.82) is 0 Å². The Kier molecular flexibility index (Phi) is 7.47. The molecule has 184 valence electrons. The minimum atomic E-state index is -3.45. The molecule has 2 aromatic carbocycles. The lowest BCUT2D eigenvalue weighted by molar-refractivity contribution is 0.0746. The largest absolute Gasteiger partial charge is 0.494 e. The molecule has 0 aromatic heterocycles. The Morgan fingerprint density at radius 3 is 2.12 bits per heavy atom. The molecule has 0 radical (unpaired) electrons. The van der Waals surface area contributed by atoms with Gasteiger partial charge in [-0.3, -0.25) is 4.79 Å². The van der Waals surface area contributed by atoms with Gasteiger partial charge in [0.2, 0.25) is 0 Å². The van der Waals surface area contributed by atoms with Gasteiger partial charge in [0.1, 0.15) is 0 Å². The van der Waals surface area contributed by atoms with Crippen molar-refractivity contribution >= 4 is 50.3 Å². The number of benzene rings is 2. The van der Waals surface area contributed by atoms with E-state index in [-0.39, 0.29) is 10.8 Å². The molecule has 0 saturated carbocycles. The van der Waals surface area contributed by atoms with Crippen molar-refractivity contribution in [3.63, 3.8) is 0 Å². The SMILES string of the molecule is COc1c(Cl)cc(N2CCN(C(=O)c3cc(S(C)(=O)=O)ccc3N3CCOCC3)CC2)cc1Cl. The Bertz CT molecular complexity index is 1150.